The van der Waals surface area contributed by atoms with Crippen LogP contribution in [0.25, 0.3) is 0 Å². The quantitative estimate of drug-likeness (QED) is 0.557. The number of ether oxygens (including phenoxy) is 1. The van der Waals surface area contributed by atoms with Crippen LogP contribution in [0.3, 0.4) is 0 Å². The number of aryl methyl sites for hydroxylation is 1. The number of hydrogen-bond acceptors (Lipinski definition) is 5. The van der Waals surface area contributed by atoms with Crippen LogP contribution in [-0.2, 0) is 11.2 Å². The Kier molecular flexibility index (Phi) is 7.06. The van der Waals surface area contributed by atoms with Crippen LogP contribution in [0.4, 0.5) is 5.69 Å². The fourth-order valence-corrected chi connectivity index (χ4v) is 3.13. The molecule has 1 unspecified atom stereocenters. The van der Waals surface area contributed by atoms with Crippen molar-refractivity contribution in [2.45, 2.75) is 44.0 Å². The number of hydrogen-bond donors (Lipinski definition) is 2. The summed E-state index contributed by atoms with van der Waals surface area (Å²) >= 11 is 1.27. The SMILES string of the molecule is CCOc1ccc(NC(=O)C(CC)Sc2nc(CC)cc(=O)[nH]2)cc1. The van der Waals surface area contributed by atoms with E-state index in [0.717, 1.165) is 5.75 Å². The second-order valence-electron chi connectivity index (χ2n) is 5.36. The highest BCUT2D eigenvalue weighted by molar-refractivity contribution is 8.00. The summed E-state index contributed by atoms with van der Waals surface area (Å²) in [6.45, 7) is 6.39. The second-order valence-corrected chi connectivity index (χ2v) is 6.55. The van der Waals surface area contributed by atoms with E-state index in [4.69, 9.17) is 4.74 Å². The lowest BCUT2D eigenvalue weighted by Crippen LogP contribution is -2.25. The van der Waals surface area contributed by atoms with Gasteiger partial charge < -0.3 is 15.0 Å². The zero-order valence-electron chi connectivity index (χ0n) is 14.7. The Bertz CT molecular complexity index is 759. The van der Waals surface area contributed by atoms with Crippen molar-refractivity contribution in [3.05, 3.63) is 46.4 Å². The van der Waals surface area contributed by atoms with Crippen molar-refractivity contribution in [2.75, 3.05) is 11.9 Å². The summed E-state index contributed by atoms with van der Waals surface area (Å²) in [6, 6.07) is 8.72. The van der Waals surface area contributed by atoms with Gasteiger partial charge in [-0.25, -0.2) is 4.98 Å². The molecule has 0 saturated heterocycles. The Hall–Kier alpha value is -2.28. The first-order valence-electron chi connectivity index (χ1n) is 8.36. The van der Waals surface area contributed by atoms with Crippen molar-refractivity contribution in [3.8, 4) is 5.75 Å². The number of benzene rings is 1. The average Bonchev–Trinajstić information content (AvgIpc) is 2.61. The van der Waals surface area contributed by atoms with Gasteiger partial charge >= 0.3 is 0 Å². The van der Waals surface area contributed by atoms with Gasteiger partial charge in [0.25, 0.3) is 5.56 Å². The van der Waals surface area contributed by atoms with Gasteiger partial charge in [-0.3, -0.25) is 9.59 Å². The Morgan fingerprint density at radius 2 is 2.00 bits per heavy atom. The van der Waals surface area contributed by atoms with Gasteiger partial charge in [-0.15, -0.1) is 0 Å². The number of H-pyrrole nitrogens is 1. The van der Waals surface area contributed by atoms with E-state index in [1.807, 2.05) is 32.9 Å². The van der Waals surface area contributed by atoms with Crippen LogP contribution in [-0.4, -0.2) is 27.7 Å². The normalized spacial score (nSPS) is 11.8. The van der Waals surface area contributed by atoms with Gasteiger partial charge in [0.05, 0.1) is 11.9 Å². The summed E-state index contributed by atoms with van der Waals surface area (Å²) in [7, 11) is 0. The Labute approximate surface area is 151 Å². The maximum Gasteiger partial charge on any atom is 0.251 e. The number of anilines is 1. The number of rotatable bonds is 8. The van der Waals surface area contributed by atoms with Crippen molar-refractivity contribution in [1.29, 1.82) is 0 Å². The Morgan fingerprint density at radius 3 is 2.60 bits per heavy atom. The van der Waals surface area contributed by atoms with Crippen LogP contribution in [0.15, 0.2) is 40.3 Å². The van der Waals surface area contributed by atoms with E-state index in [2.05, 4.69) is 15.3 Å². The predicted molar refractivity (Wildman–Crippen MR) is 100 cm³/mol. The number of thioether (sulfide) groups is 1. The summed E-state index contributed by atoms with van der Waals surface area (Å²) in [5.41, 5.74) is 1.22. The fourth-order valence-electron chi connectivity index (χ4n) is 2.20. The van der Waals surface area contributed by atoms with Crippen LogP contribution in [0.1, 0.15) is 32.9 Å². The van der Waals surface area contributed by atoms with Crippen molar-refractivity contribution in [2.24, 2.45) is 0 Å². The molecule has 2 aromatic rings. The van der Waals surface area contributed by atoms with E-state index in [-0.39, 0.29) is 16.7 Å². The first kappa shape index (κ1) is 19.1. The lowest BCUT2D eigenvalue weighted by Gasteiger charge is -2.14. The van der Waals surface area contributed by atoms with Crippen LogP contribution in [0.2, 0.25) is 0 Å². The smallest absolute Gasteiger partial charge is 0.251 e. The molecule has 0 saturated carbocycles. The molecule has 1 amide bonds. The highest BCUT2D eigenvalue weighted by atomic mass is 32.2. The van der Waals surface area contributed by atoms with E-state index >= 15 is 0 Å². The largest absolute Gasteiger partial charge is 0.494 e. The van der Waals surface area contributed by atoms with Crippen molar-refractivity contribution in [1.82, 2.24) is 9.97 Å². The topological polar surface area (TPSA) is 84.1 Å². The number of nitrogens with one attached hydrogen (secondary N) is 2. The molecule has 0 fully saturated rings. The summed E-state index contributed by atoms with van der Waals surface area (Å²) in [4.78, 5) is 31.2. The molecule has 7 heteroatoms. The fraction of sp³-hybridized carbons (Fsp3) is 0.389. The maximum absolute atomic E-state index is 12.5. The minimum absolute atomic E-state index is 0.124. The first-order valence-corrected chi connectivity index (χ1v) is 9.24. The van der Waals surface area contributed by atoms with Gasteiger partial charge in [0, 0.05) is 17.4 Å². The number of nitrogens with zero attached hydrogens (tertiary/aromatic N) is 1. The number of amides is 1. The molecule has 0 spiro atoms. The third-order valence-corrected chi connectivity index (χ3v) is 4.73. The van der Waals surface area contributed by atoms with Crippen molar-refractivity contribution in [3.63, 3.8) is 0 Å². The monoisotopic (exact) mass is 361 g/mol. The van der Waals surface area contributed by atoms with Gasteiger partial charge in [0.15, 0.2) is 5.16 Å². The molecule has 0 aliphatic heterocycles. The highest BCUT2D eigenvalue weighted by Crippen LogP contribution is 2.23. The van der Waals surface area contributed by atoms with E-state index in [0.29, 0.717) is 36.0 Å². The molecule has 134 valence electrons. The molecular weight excluding hydrogens is 338 g/mol. The van der Waals surface area contributed by atoms with E-state index in [1.54, 1.807) is 12.1 Å². The summed E-state index contributed by atoms with van der Waals surface area (Å²) < 4.78 is 5.39. The van der Waals surface area contributed by atoms with E-state index < -0.39 is 0 Å². The number of aromatic nitrogens is 2. The molecule has 2 rings (SSSR count). The lowest BCUT2D eigenvalue weighted by atomic mass is 10.2. The zero-order valence-corrected chi connectivity index (χ0v) is 15.5. The molecule has 1 aromatic heterocycles. The van der Waals surface area contributed by atoms with Gasteiger partial charge in [-0.1, -0.05) is 25.6 Å². The molecule has 0 aliphatic rings. The van der Waals surface area contributed by atoms with Gasteiger partial charge in [0.1, 0.15) is 5.75 Å². The van der Waals surface area contributed by atoms with Crippen LogP contribution in [0.5, 0.6) is 5.75 Å². The van der Waals surface area contributed by atoms with Gasteiger partial charge in [0.2, 0.25) is 5.91 Å². The maximum atomic E-state index is 12.5. The van der Waals surface area contributed by atoms with Crippen LogP contribution < -0.4 is 15.6 Å². The minimum Gasteiger partial charge on any atom is -0.494 e. The molecule has 1 atom stereocenters. The average molecular weight is 361 g/mol. The molecule has 2 N–H and O–H groups in total. The molecule has 0 radical (unpaired) electrons. The summed E-state index contributed by atoms with van der Waals surface area (Å²) in [6.07, 6.45) is 1.29. The Balaban J connectivity index is 2.05. The zero-order chi connectivity index (χ0) is 18.2. The molecule has 0 aliphatic carbocycles. The predicted octanol–water partition coefficient (Wildman–Crippen LogP) is 3.24. The second kappa shape index (κ2) is 9.27. The minimum atomic E-state index is -0.346. The first-order chi connectivity index (χ1) is 12.0. The van der Waals surface area contributed by atoms with Crippen LogP contribution >= 0.6 is 11.8 Å². The van der Waals surface area contributed by atoms with Crippen LogP contribution in [0, 0.1) is 0 Å². The highest BCUT2D eigenvalue weighted by Gasteiger charge is 2.19. The molecule has 1 heterocycles. The summed E-state index contributed by atoms with van der Waals surface area (Å²) in [5, 5.41) is 3.02. The van der Waals surface area contributed by atoms with Gasteiger partial charge in [-0.2, -0.15) is 0 Å². The molecule has 25 heavy (non-hydrogen) atoms. The van der Waals surface area contributed by atoms with Crippen molar-refractivity contribution < 1.29 is 9.53 Å². The van der Waals surface area contributed by atoms with Crippen molar-refractivity contribution >= 4 is 23.4 Å². The number of aromatic amines is 1. The molecule has 1 aromatic carbocycles. The molecule has 0 bridgehead atoms. The third-order valence-electron chi connectivity index (χ3n) is 3.49. The number of carbonyl (C=O) groups excluding carboxylic acids is 1. The third kappa shape index (κ3) is 5.63. The standard InChI is InChI=1S/C18H23N3O3S/c1-4-12-11-16(22)21-18(20-12)25-15(5-2)17(23)19-13-7-9-14(10-8-13)24-6-3/h7-11,15H,4-6H2,1-3H3,(H,19,23)(H,20,21,22). The molecule has 6 nitrogen and oxygen atoms in total. The number of carbonyl (C=O) groups is 1. The molecular formula is C18H23N3O3S. The van der Waals surface area contributed by atoms with E-state index in [1.165, 1.54) is 17.8 Å². The lowest BCUT2D eigenvalue weighted by molar-refractivity contribution is -0.115. The van der Waals surface area contributed by atoms with E-state index in [9.17, 15) is 9.59 Å². The van der Waals surface area contributed by atoms with Gasteiger partial charge in [-0.05, 0) is 44.0 Å². The Morgan fingerprint density at radius 1 is 1.28 bits per heavy atom. The summed E-state index contributed by atoms with van der Waals surface area (Å²) in [5.74, 6) is 0.640.